The molecular formula is C22H30ClN2O4+. The fourth-order valence-electron chi connectivity index (χ4n) is 2.99. The van der Waals surface area contributed by atoms with Crippen molar-refractivity contribution < 1.29 is 23.9 Å². The molecule has 0 fully saturated rings. The standard InChI is InChI=1S/C22H29ClN2O4/c1-14-11-18(20(28-5)13-17(14)23)24-22(26)15(2)25(3)10-9-16-7-8-19(27-4)21(12-16)29-6/h7-8,11-13,15H,9-10H2,1-6H3,(H,24,26)/p+1/t15-/m0/s1. The van der Waals surface area contributed by atoms with E-state index < -0.39 is 0 Å². The van der Waals surface area contributed by atoms with Crippen LogP contribution in [0.5, 0.6) is 17.2 Å². The van der Waals surface area contributed by atoms with E-state index in [9.17, 15) is 4.79 Å². The maximum absolute atomic E-state index is 12.8. The molecule has 0 aromatic heterocycles. The van der Waals surface area contributed by atoms with Crippen molar-refractivity contribution in [1.29, 1.82) is 0 Å². The maximum Gasteiger partial charge on any atom is 0.282 e. The van der Waals surface area contributed by atoms with E-state index in [2.05, 4.69) is 5.32 Å². The Morgan fingerprint density at radius 1 is 1.07 bits per heavy atom. The summed E-state index contributed by atoms with van der Waals surface area (Å²) in [6.45, 7) is 4.59. The average Bonchev–Trinajstić information content (AvgIpc) is 2.73. The largest absolute Gasteiger partial charge is 0.495 e. The molecule has 29 heavy (non-hydrogen) atoms. The normalized spacial score (nSPS) is 12.8. The first-order chi connectivity index (χ1) is 13.8. The number of benzene rings is 2. The lowest BCUT2D eigenvalue weighted by atomic mass is 10.1. The van der Waals surface area contributed by atoms with Crippen LogP contribution in [0.15, 0.2) is 30.3 Å². The molecule has 2 aromatic carbocycles. The molecule has 2 N–H and O–H groups in total. The van der Waals surface area contributed by atoms with Gasteiger partial charge in [0.05, 0.1) is 40.6 Å². The van der Waals surface area contributed by atoms with Gasteiger partial charge in [0.25, 0.3) is 5.91 Å². The number of aryl methyl sites for hydroxylation is 1. The minimum atomic E-state index is -0.240. The number of hydrogen-bond acceptors (Lipinski definition) is 4. The molecule has 0 saturated carbocycles. The summed E-state index contributed by atoms with van der Waals surface area (Å²) in [5.74, 6) is 1.88. The zero-order valence-electron chi connectivity index (χ0n) is 17.9. The zero-order chi connectivity index (χ0) is 21.6. The predicted octanol–water partition coefficient (Wildman–Crippen LogP) is 2.76. The van der Waals surface area contributed by atoms with Gasteiger partial charge < -0.3 is 24.4 Å². The van der Waals surface area contributed by atoms with Gasteiger partial charge in [0.1, 0.15) is 5.75 Å². The summed E-state index contributed by atoms with van der Waals surface area (Å²) in [6.07, 6.45) is 0.813. The molecule has 0 saturated heterocycles. The van der Waals surface area contributed by atoms with Crippen LogP contribution >= 0.6 is 11.6 Å². The smallest absolute Gasteiger partial charge is 0.282 e. The van der Waals surface area contributed by atoms with Gasteiger partial charge >= 0.3 is 0 Å². The molecule has 0 aliphatic rings. The molecule has 158 valence electrons. The van der Waals surface area contributed by atoms with Gasteiger partial charge in [-0.1, -0.05) is 17.7 Å². The van der Waals surface area contributed by atoms with Crippen LogP contribution in [0.2, 0.25) is 5.02 Å². The molecule has 0 aliphatic carbocycles. The van der Waals surface area contributed by atoms with Crippen molar-refractivity contribution in [2.24, 2.45) is 0 Å². The highest BCUT2D eigenvalue weighted by Crippen LogP contribution is 2.31. The number of halogens is 1. The number of amides is 1. The third kappa shape index (κ3) is 5.78. The van der Waals surface area contributed by atoms with Crippen LogP contribution in [0.25, 0.3) is 0 Å². The molecule has 0 radical (unpaired) electrons. The molecular weight excluding hydrogens is 392 g/mol. The average molecular weight is 422 g/mol. The molecule has 0 bridgehead atoms. The molecule has 7 heteroatoms. The number of likely N-dealkylation sites (N-methyl/N-ethyl adjacent to an activating group) is 1. The Hall–Kier alpha value is -2.44. The van der Waals surface area contributed by atoms with E-state index >= 15 is 0 Å². The number of ether oxygens (including phenoxy) is 3. The molecule has 0 aliphatic heterocycles. The van der Waals surface area contributed by atoms with Gasteiger partial charge in [0.15, 0.2) is 17.5 Å². The number of methoxy groups -OCH3 is 3. The van der Waals surface area contributed by atoms with E-state index in [1.54, 1.807) is 27.4 Å². The molecule has 0 spiro atoms. The van der Waals surface area contributed by atoms with Crippen LogP contribution in [0.1, 0.15) is 18.1 Å². The van der Waals surface area contributed by atoms with Gasteiger partial charge in [-0.15, -0.1) is 0 Å². The van der Waals surface area contributed by atoms with Gasteiger partial charge in [-0.05, 0) is 43.2 Å². The first-order valence-electron chi connectivity index (χ1n) is 9.48. The predicted molar refractivity (Wildman–Crippen MR) is 116 cm³/mol. The number of quaternary nitrogens is 1. The van der Waals surface area contributed by atoms with Crippen molar-refractivity contribution in [2.45, 2.75) is 26.3 Å². The fourth-order valence-corrected chi connectivity index (χ4v) is 3.14. The van der Waals surface area contributed by atoms with Gasteiger partial charge in [-0.2, -0.15) is 0 Å². The monoisotopic (exact) mass is 421 g/mol. The van der Waals surface area contributed by atoms with Crippen LogP contribution < -0.4 is 24.4 Å². The van der Waals surface area contributed by atoms with E-state index in [1.165, 1.54) is 0 Å². The summed E-state index contributed by atoms with van der Waals surface area (Å²) < 4.78 is 16.0. The van der Waals surface area contributed by atoms with Crippen LogP contribution in [0, 0.1) is 6.92 Å². The molecule has 2 aromatic rings. The second-order valence-electron chi connectivity index (χ2n) is 7.05. The van der Waals surface area contributed by atoms with E-state index in [-0.39, 0.29) is 11.9 Å². The van der Waals surface area contributed by atoms with E-state index in [0.717, 1.165) is 29.0 Å². The van der Waals surface area contributed by atoms with Gasteiger partial charge in [-0.3, -0.25) is 4.79 Å². The lowest BCUT2D eigenvalue weighted by Crippen LogP contribution is -3.14. The van der Waals surface area contributed by atoms with Gasteiger partial charge in [0.2, 0.25) is 0 Å². The maximum atomic E-state index is 12.8. The minimum absolute atomic E-state index is 0.0742. The second-order valence-corrected chi connectivity index (χ2v) is 7.46. The van der Waals surface area contributed by atoms with Gasteiger partial charge in [-0.25, -0.2) is 0 Å². The molecule has 1 unspecified atom stereocenters. The van der Waals surface area contributed by atoms with Crippen molar-refractivity contribution >= 4 is 23.2 Å². The Bertz CT molecular complexity index is 857. The summed E-state index contributed by atoms with van der Waals surface area (Å²) in [5.41, 5.74) is 2.63. The van der Waals surface area contributed by atoms with Crippen molar-refractivity contribution in [3.63, 3.8) is 0 Å². The second kappa shape index (κ2) is 10.4. The third-order valence-electron chi connectivity index (χ3n) is 5.13. The first kappa shape index (κ1) is 22.8. The fraction of sp³-hybridized carbons (Fsp3) is 0.409. The van der Waals surface area contributed by atoms with Crippen molar-refractivity contribution in [3.8, 4) is 17.2 Å². The number of rotatable bonds is 9. The summed E-state index contributed by atoms with van der Waals surface area (Å²) in [7, 11) is 6.81. The van der Waals surface area contributed by atoms with E-state index in [0.29, 0.717) is 28.0 Å². The molecule has 1 amide bonds. The zero-order valence-corrected chi connectivity index (χ0v) is 18.6. The lowest BCUT2D eigenvalue weighted by Gasteiger charge is -2.22. The summed E-state index contributed by atoms with van der Waals surface area (Å²) in [4.78, 5) is 13.9. The first-order valence-corrected chi connectivity index (χ1v) is 9.86. The highest BCUT2D eigenvalue weighted by Gasteiger charge is 2.23. The lowest BCUT2D eigenvalue weighted by molar-refractivity contribution is -0.893. The Labute approximate surface area is 177 Å². The molecule has 6 nitrogen and oxygen atoms in total. The van der Waals surface area contributed by atoms with Crippen LogP contribution in [0.4, 0.5) is 5.69 Å². The van der Waals surface area contributed by atoms with Crippen molar-refractivity contribution in [3.05, 3.63) is 46.5 Å². The van der Waals surface area contributed by atoms with Crippen LogP contribution in [-0.4, -0.2) is 46.9 Å². The van der Waals surface area contributed by atoms with E-state index in [1.807, 2.05) is 45.2 Å². The number of hydrogen-bond donors (Lipinski definition) is 2. The van der Waals surface area contributed by atoms with Crippen molar-refractivity contribution in [2.75, 3.05) is 40.2 Å². The highest BCUT2D eigenvalue weighted by molar-refractivity contribution is 6.31. The quantitative estimate of drug-likeness (QED) is 0.653. The SMILES string of the molecule is COc1cc(Cl)c(C)cc1NC(=O)[C@H](C)[NH+](C)CCc1ccc(OC)c(OC)c1. The number of carbonyl (C=O) groups is 1. The van der Waals surface area contributed by atoms with E-state index in [4.69, 9.17) is 25.8 Å². The van der Waals surface area contributed by atoms with Crippen molar-refractivity contribution in [1.82, 2.24) is 0 Å². The highest BCUT2D eigenvalue weighted by atomic mass is 35.5. The summed E-state index contributed by atoms with van der Waals surface area (Å²) in [6, 6.07) is 9.18. The Balaban J connectivity index is 2.00. The molecule has 2 rings (SSSR count). The summed E-state index contributed by atoms with van der Waals surface area (Å²) in [5, 5.41) is 3.56. The van der Waals surface area contributed by atoms with Crippen LogP contribution in [0.3, 0.4) is 0 Å². The minimum Gasteiger partial charge on any atom is -0.495 e. The number of anilines is 1. The Morgan fingerprint density at radius 3 is 2.34 bits per heavy atom. The Morgan fingerprint density at radius 2 is 1.72 bits per heavy atom. The molecule has 0 heterocycles. The number of nitrogens with one attached hydrogen (secondary N) is 2. The van der Waals surface area contributed by atoms with Gasteiger partial charge in [0, 0.05) is 17.5 Å². The summed E-state index contributed by atoms with van der Waals surface area (Å²) >= 11 is 6.14. The number of carbonyl (C=O) groups excluding carboxylic acids is 1. The molecule has 2 atom stereocenters. The Kier molecular flexibility index (Phi) is 8.17. The topological polar surface area (TPSA) is 61.2 Å². The van der Waals surface area contributed by atoms with Crippen LogP contribution in [-0.2, 0) is 11.2 Å². The third-order valence-corrected chi connectivity index (χ3v) is 5.53.